The van der Waals surface area contributed by atoms with Gasteiger partial charge in [-0.25, -0.2) is 9.98 Å². The van der Waals surface area contributed by atoms with E-state index in [9.17, 15) is 0 Å². The number of aliphatic imine (C=N–C) groups is 1. The van der Waals surface area contributed by atoms with Gasteiger partial charge < -0.3 is 14.0 Å². The fourth-order valence-corrected chi connectivity index (χ4v) is 2.60. The van der Waals surface area contributed by atoms with E-state index in [2.05, 4.69) is 16.6 Å². The van der Waals surface area contributed by atoms with Crippen molar-refractivity contribution in [2.45, 2.75) is 6.54 Å². The first-order valence-corrected chi connectivity index (χ1v) is 7.35. The second-order valence-electron chi connectivity index (χ2n) is 5.17. The normalized spacial score (nSPS) is 13.0. The van der Waals surface area contributed by atoms with Gasteiger partial charge in [-0.15, -0.1) is 6.58 Å². The van der Waals surface area contributed by atoms with Crippen LogP contribution in [-0.4, -0.2) is 22.6 Å². The number of nitrogens with zero attached hydrogens (tertiary/aromatic N) is 3. The number of aromatic nitrogens is 2. The highest BCUT2D eigenvalue weighted by Crippen LogP contribution is 2.32. The van der Waals surface area contributed by atoms with Crippen LogP contribution in [0.1, 0.15) is 5.56 Å². The molecule has 2 heterocycles. The molecule has 0 bridgehead atoms. The maximum Gasteiger partial charge on any atom is 0.231 e. The number of allylic oxidation sites excluding steroid dienone is 1. The molecule has 0 fully saturated rings. The minimum Gasteiger partial charge on any atom is -0.454 e. The van der Waals surface area contributed by atoms with E-state index >= 15 is 0 Å². The van der Waals surface area contributed by atoms with Gasteiger partial charge in [-0.1, -0.05) is 18.2 Å². The van der Waals surface area contributed by atoms with Crippen molar-refractivity contribution < 1.29 is 9.47 Å². The van der Waals surface area contributed by atoms with Crippen molar-refractivity contribution in [3.8, 4) is 11.5 Å². The molecule has 4 rings (SSSR count). The number of benzene rings is 2. The molecule has 5 nitrogen and oxygen atoms in total. The quantitative estimate of drug-likeness (QED) is 0.545. The molecule has 0 spiro atoms. The number of para-hydroxylation sites is 2. The Kier molecular flexibility index (Phi) is 3.31. The second-order valence-corrected chi connectivity index (χ2v) is 5.17. The van der Waals surface area contributed by atoms with Gasteiger partial charge in [0.05, 0.1) is 11.0 Å². The second kappa shape index (κ2) is 5.61. The highest BCUT2D eigenvalue weighted by Gasteiger charge is 2.13. The molecule has 0 unspecified atom stereocenters. The van der Waals surface area contributed by atoms with Crippen molar-refractivity contribution in [3.63, 3.8) is 0 Å². The van der Waals surface area contributed by atoms with Crippen LogP contribution in [0.15, 0.2) is 60.1 Å². The summed E-state index contributed by atoms with van der Waals surface area (Å²) in [4.78, 5) is 9.12. The first-order valence-electron chi connectivity index (χ1n) is 7.35. The lowest BCUT2D eigenvalue weighted by molar-refractivity contribution is 0.174. The van der Waals surface area contributed by atoms with Gasteiger partial charge in [0.25, 0.3) is 0 Å². The molecule has 23 heavy (non-hydrogen) atoms. The van der Waals surface area contributed by atoms with Gasteiger partial charge in [-0.05, 0) is 35.9 Å². The third-order valence-electron chi connectivity index (χ3n) is 3.67. The molecule has 114 valence electrons. The van der Waals surface area contributed by atoms with Gasteiger partial charge >= 0.3 is 0 Å². The number of hydrogen-bond donors (Lipinski definition) is 0. The van der Waals surface area contributed by atoms with Gasteiger partial charge in [0, 0.05) is 12.8 Å². The van der Waals surface area contributed by atoms with E-state index in [0.29, 0.717) is 12.5 Å². The van der Waals surface area contributed by atoms with Gasteiger partial charge in [0.15, 0.2) is 11.5 Å². The minimum atomic E-state index is 0.269. The molecule has 1 aromatic heterocycles. The van der Waals surface area contributed by atoms with E-state index in [0.717, 1.165) is 28.1 Å². The molecular weight excluding hydrogens is 290 g/mol. The van der Waals surface area contributed by atoms with Crippen LogP contribution in [0.5, 0.6) is 11.5 Å². The van der Waals surface area contributed by atoms with Crippen LogP contribution in [0.4, 0.5) is 5.95 Å². The molecule has 1 aliphatic heterocycles. The van der Waals surface area contributed by atoms with Crippen LogP contribution >= 0.6 is 0 Å². The average Bonchev–Trinajstić information content (AvgIpc) is 3.17. The number of ether oxygens (including phenoxy) is 2. The van der Waals surface area contributed by atoms with Crippen LogP contribution < -0.4 is 9.47 Å². The summed E-state index contributed by atoms with van der Waals surface area (Å²) in [5.41, 5.74) is 2.91. The fraction of sp³-hybridized carbons (Fsp3) is 0.111. The lowest BCUT2D eigenvalue weighted by atomic mass is 10.2. The molecule has 0 radical (unpaired) electrons. The highest BCUT2D eigenvalue weighted by atomic mass is 16.7. The summed E-state index contributed by atoms with van der Waals surface area (Å²) >= 11 is 0. The first-order chi connectivity index (χ1) is 11.3. The summed E-state index contributed by atoms with van der Waals surface area (Å²) in [6.45, 7) is 4.74. The number of imidazole rings is 1. The predicted molar refractivity (Wildman–Crippen MR) is 89.7 cm³/mol. The zero-order valence-electron chi connectivity index (χ0n) is 12.5. The van der Waals surface area contributed by atoms with Gasteiger partial charge in [-0.3, -0.25) is 0 Å². The fourth-order valence-electron chi connectivity index (χ4n) is 2.60. The van der Waals surface area contributed by atoms with Crippen LogP contribution in [0.3, 0.4) is 0 Å². The topological polar surface area (TPSA) is 48.6 Å². The summed E-state index contributed by atoms with van der Waals surface area (Å²) in [6, 6.07) is 13.7. The SMILES string of the molecule is C=CCn1c(/N=C/c2ccc3c(c2)OCO3)nc2ccccc21. The number of rotatable bonds is 4. The molecule has 2 aromatic carbocycles. The summed E-state index contributed by atoms with van der Waals surface area (Å²) in [5, 5.41) is 0. The van der Waals surface area contributed by atoms with Crippen molar-refractivity contribution >= 4 is 23.2 Å². The summed E-state index contributed by atoms with van der Waals surface area (Å²) in [7, 11) is 0. The van der Waals surface area contributed by atoms with Crippen molar-refractivity contribution in [2.75, 3.05) is 6.79 Å². The molecule has 0 amide bonds. The predicted octanol–water partition coefficient (Wildman–Crippen LogP) is 3.70. The van der Waals surface area contributed by atoms with E-state index in [1.807, 2.05) is 53.1 Å². The van der Waals surface area contributed by atoms with E-state index in [4.69, 9.17) is 9.47 Å². The first kappa shape index (κ1) is 13.6. The maximum absolute atomic E-state index is 5.38. The number of fused-ring (bicyclic) bond motifs is 2. The standard InChI is InChI=1S/C18H15N3O2/c1-2-9-21-15-6-4-3-5-14(15)20-18(21)19-11-13-7-8-16-17(10-13)23-12-22-16/h2-8,10-11H,1,9,12H2/b19-11+. The molecule has 0 saturated heterocycles. The Morgan fingerprint density at radius 3 is 2.96 bits per heavy atom. The lowest BCUT2D eigenvalue weighted by Crippen LogP contribution is -1.94. The van der Waals surface area contributed by atoms with Crippen LogP contribution in [0, 0.1) is 0 Å². The van der Waals surface area contributed by atoms with Crippen molar-refractivity contribution in [1.29, 1.82) is 0 Å². The molecule has 0 N–H and O–H groups in total. The van der Waals surface area contributed by atoms with Crippen LogP contribution in [0.25, 0.3) is 11.0 Å². The molecule has 0 saturated carbocycles. The Morgan fingerprint density at radius 1 is 1.17 bits per heavy atom. The average molecular weight is 305 g/mol. The lowest BCUT2D eigenvalue weighted by Gasteiger charge is -2.02. The maximum atomic E-state index is 5.38. The third kappa shape index (κ3) is 2.46. The van der Waals surface area contributed by atoms with Crippen molar-refractivity contribution in [3.05, 3.63) is 60.7 Å². The van der Waals surface area contributed by atoms with E-state index < -0.39 is 0 Å². The molecular formula is C18H15N3O2. The summed E-state index contributed by atoms with van der Waals surface area (Å²) < 4.78 is 12.7. The smallest absolute Gasteiger partial charge is 0.231 e. The van der Waals surface area contributed by atoms with E-state index in [1.54, 1.807) is 6.21 Å². The zero-order chi connectivity index (χ0) is 15.6. The van der Waals surface area contributed by atoms with Crippen molar-refractivity contribution in [2.24, 2.45) is 4.99 Å². The zero-order valence-corrected chi connectivity index (χ0v) is 12.5. The van der Waals surface area contributed by atoms with Gasteiger partial charge in [-0.2, -0.15) is 0 Å². The van der Waals surface area contributed by atoms with Gasteiger partial charge in [0.2, 0.25) is 12.7 Å². The molecule has 1 aliphatic rings. The molecule has 3 aromatic rings. The Hall–Kier alpha value is -3.08. The largest absolute Gasteiger partial charge is 0.454 e. The Labute approximate surface area is 133 Å². The molecule has 0 aliphatic carbocycles. The highest BCUT2D eigenvalue weighted by molar-refractivity contribution is 5.84. The molecule has 5 heteroatoms. The Balaban J connectivity index is 1.71. The molecule has 0 atom stereocenters. The van der Waals surface area contributed by atoms with Gasteiger partial charge in [0.1, 0.15) is 0 Å². The number of hydrogen-bond acceptors (Lipinski definition) is 4. The van der Waals surface area contributed by atoms with Crippen LogP contribution in [-0.2, 0) is 6.54 Å². The minimum absolute atomic E-state index is 0.269. The monoisotopic (exact) mass is 305 g/mol. The summed E-state index contributed by atoms with van der Waals surface area (Å²) in [5.74, 6) is 2.17. The Bertz CT molecular complexity index is 912. The third-order valence-corrected chi connectivity index (χ3v) is 3.67. The Morgan fingerprint density at radius 2 is 2.04 bits per heavy atom. The van der Waals surface area contributed by atoms with E-state index in [1.165, 1.54) is 0 Å². The van der Waals surface area contributed by atoms with Crippen LogP contribution in [0.2, 0.25) is 0 Å². The summed E-state index contributed by atoms with van der Waals surface area (Å²) in [6.07, 6.45) is 3.62. The van der Waals surface area contributed by atoms with Crippen molar-refractivity contribution in [1.82, 2.24) is 9.55 Å². The van der Waals surface area contributed by atoms with E-state index in [-0.39, 0.29) is 6.79 Å².